The van der Waals surface area contributed by atoms with Crippen molar-refractivity contribution < 1.29 is 9.90 Å². The van der Waals surface area contributed by atoms with Gasteiger partial charge in [-0.15, -0.1) is 11.3 Å². The average molecular weight is 396 g/mol. The first-order chi connectivity index (χ1) is 9.63. The first-order valence-corrected chi connectivity index (χ1v) is 7.72. The molecule has 1 heterocycles. The van der Waals surface area contributed by atoms with Gasteiger partial charge < -0.3 is 10.4 Å². The molecule has 0 aliphatic heterocycles. The van der Waals surface area contributed by atoms with E-state index in [-0.39, 0.29) is 11.7 Å². The number of phenolic OH excluding ortho intramolecular Hbond substituents is 1. The summed E-state index contributed by atoms with van der Waals surface area (Å²) in [4.78, 5) is 16.3. The molecular weight excluding hydrogens is 387 g/mol. The summed E-state index contributed by atoms with van der Waals surface area (Å²) in [6.45, 7) is 0. The summed E-state index contributed by atoms with van der Waals surface area (Å²) in [5, 5.41) is 12.4. The third kappa shape index (κ3) is 2.61. The van der Waals surface area contributed by atoms with Crippen LogP contribution in [-0.4, -0.2) is 16.0 Å². The Labute approximate surface area is 132 Å². The third-order valence-electron chi connectivity index (χ3n) is 2.80. The van der Waals surface area contributed by atoms with Crippen LogP contribution in [0, 0.1) is 3.57 Å². The number of carbonyl (C=O) groups excluding carboxylic acids is 1. The van der Waals surface area contributed by atoms with E-state index in [0.29, 0.717) is 14.8 Å². The van der Waals surface area contributed by atoms with Crippen LogP contribution in [0.1, 0.15) is 10.4 Å². The van der Waals surface area contributed by atoms with E-state index in [0.717, 1.165) is 10.2 Å². The molecule has 0 aliphatic carbocycles. The standard InChI is InChI=1S/C14H9IN2O2S/c15-10-3-1-8(5-12(10)18)14(19)17-9-2-4-11-13(6-9)20-7-16-11/h1-7,18H,(H,17,19). The van der Waals surface area contributed by atoms with Crippen molar-refractivity contribution in [3.8, 4) is 5.75 Å². The zero-order valence-electron chi connectivity index (χ0n) is 10.1. The highest BCUT2D eigenvalue weighted by Crippen LogP contribution is 2.24. The van der Waals surface area contributed by atoms with E-state index in [1.54, 1.807) is 17.6 Å². The number of nitrogens with one attached hydrogen (secondary N) is 1. The molecule has 0 radical (unpaired) electrons. The summed E-state index contributed by atoms with van der Waals surface area (Å²) in [6, 6.07) is 10.4. The smallest absolute Gasteiger partial charge is 0.255 e. The molecule has 20 heavy (non-hydrogen) atoms. The summed E-state index contributed by atoms with van der Waals surface area (Å²) in [7, 11) is 0. The van der Waals surface area contributed by atoms with Gasteiger partial charge in [0.15, 0.2) is 0 Å². The lowest BCUT2D eigenvalue weighted by Crippen LogP contribution is -2.11. The van der Waals surface area contributed by atoms with Crippen LogP contribution >= 0.6 is 33.9 Å². The number of aromatic nitrogens is 1. The summed E-state index contributed by atoms with van der Waals surface area (Å²) >= 11 is 3.53. The molecule has 6 heteroatoms. The monoisotopic (exact) mass is 396 g/mol. The number of hydrogen-bond acceptors (Lipinski definition) is 4. The molecule has 4 nitrogen and oxygen atoms in total. The molecular formula is C14H9IN2O2S. The maximum Gasteiger partial charge on any atom is 0.255 e. The number of nitrogens with zero attached hydrogens (tertiary/aromatic N) is 1. The Morgan fingerprint density at radius 1 is 1.25 bits per heavy atom. The molecule has 0 atom stereocenters. The normalized spacial score (nSPS) is 10.7. The second kappa shape index (κ2) is 5.37. The second-order valence-corrected chi connectivity index (χ2v) is 6.20. The van der Waals surface area contributed by atoms with Gasteiger partial charge in [-0.3, -0.25) is 4.79 Å². The van der Waals surface area contributed by atoms with Gasteiger partial charge in [0, 0.05) is 11.3 Å². The maximum atomic E-state index is 12.1. The summed E-state index contributed by atoms with van der Waals surface area (Å²) < 4.78 is 1.73. The van der Waals surface area contributed by atoms with Crippen LogP contribution in [0.2, 0.25) is 0 Å². The largest absolute Gasteiger partial charge is 0.507 e. The molecule has 0 unspecified atom stereocenters. The molecule has 1 aromatic heterocycles. The lowest BCUT2D eigenvalue weighted by atomic mass is 10.2. The number of benzene rings is 2. The van der Waals surface area contributed by atoms with Gasteiger partial charge >= 0.3 is 0 Å². The molecule has 3 rings (SSSR count). The average Bonchev–Trinajstić information content (AvgIpc) is 2.89. The minimum Gasteiger partial charge on any atom is -0.507 e. The number of rotatable bonds is 2. The highest BCUT2D eigenvalue weighted by molar-refractivity contribution is 14.1. The first kappa shape index (κ1) is 13.3. The maximum absolute atomic E-state index is 12.1. The first-order valence-electron chi connectivity index (χ1n) is 5.76. The van der Waals surface area contributed by atoms with Gasteiger partial charge in [-0.2, -0.15) is 0 Å². The molecule has 2 aromatic carbocycles. The van der Waals surface area contributed by atoms with Crippen molar-refractivity contribution in [1.29, 1.82) is 0 Å². The number of thiazole rings is 1. The highest BCUT2D eigenvalue weighted by Gasteiger charge is 2.09. The summed E-state index contributed by atoms with van der Waals surface area (Å²) in [6.07, 6.45) is 0. The molecule has 1 amide bonds. The van der Waals surface area contributed by atoms with E-state index < -0.39 is 0 Å². The molecule has 0 aliphatic rings. The molecule has 0 saturated carbocycles. The zero-order chi connectivity index (χ0) is 14.1. The molecule has 100 valence electrons. The highest BCUT2D eigenvalue weighted by atomic mass is 127. The minimum atomic E-state index is -0.249. The van der Waals surface area contributed by atoms with Crippen LogP contribution in [0.5, 0.6) is 5.75 Å². The Hall–Kier alpha value is -1.67. The predicted octanol–water partition coefficient (Wildman–Crippen LogP) is 3.86. The van der Waals surface area contributed by atoms with E-state index >= 15 is 0 Å². The fourth-order valence-corrected chi connectivity index (χ4v) is 2.84. The van der Waals surface area contributed by atoms with Crippen molar-refractivity contribution in [1.82, 2.24) is 4.98 Å². The van der Waals surface area contributed by atoms with E-state index in [9.17, 15) is 9.90 Å². The SMILES string of the molecule is O=C(Nc1ccc2ncsc2c1)c1ccc(I)c(O)c1. The van der Waals surface area contributed by atoms with E-state index in [2.05, 4.69) is 10.3 Å². The number of fused-ring (bicyclic) bond motifs is 1. The lowest BCUT2D eigenvalue weighted by molar-refractivity contribution is 0.102. The molecule has 0 saturated heterocycles. The topological polar surface area (TPSA) is 62.2 Å². The Bertz CT molecular complexity index is 801. The fourth-order valence-electron chi connectivity index (χ4n) is 1.79. The van der Waals surface area contributed by atoms with Crippen molar-refractivity contribution in [3.63, 3.8) is 0 Å². The Morgan fingerprint density at radius 3 is 2.90 bits per heavy atom. The molecule has 0 spiro atoms. The Balaban J connectivity index is 1.85. The van der Waals surface area contributed by atoms with Gasteiger partial charge in [0.2, 0.25) is 0 Å². The van der Waals surface area contributed by atoms with Crippen molar-refractivity contribution in [2.24, 2.45) is 0 Å². The van der Waals surface area contributed by atoms with Crippen LogP contribution in [0.4, 0.5) is 5.69 Å². The number of anilines is 1. The third-order valence-corrected chi connectivity index (χ3v) is 4.50. The molecule has 0 fully saturated rings. The van der Waals surface area contributed by atoms with Crippen molar-refractivity contribution >= 4 is 55.7 Å². The van der Waals surface area contributed by atoms with Crippen molar-refractivity contribution in [3.05, 3.63) is 51.0 Å². The summed E-state index contributed by atoms with van der Waals surface area (Å²) in [5.41, 5.74) is 3.82. The second-order valence-electron chi connectivity index (χ2n) is 4.16. The number of phenols is 1. The number of carbonyl (C=O) groups is 1. The Morgan fingerprint density at radius 2 is 2.10 bits per heavy atom. The van der Waals surface area contributed by atoms with Crippen LogP contribution in [-0.2, 0) is 0 Å². The summed E-state index contributed by atoms with van der Waals surface area (Å²) in [5.74, 6) is -0.142. The predicted molar refractivity (Wildman–Crippen MR) is 88.4 cm³/mol. The van der Waals surface area contributed by atoms with Crippen molar-refractivity contribution in [2.75, 3.05) is 5.32 Å². The Kier molecular flexibility index (Phi) is 3.58. The number of aromatic hydroxyl groups is 1. The van der Waals surface area contributed by atoms with Gasteiger partial charge in [-0.05, 0) is 59.0 Å². The molecule has 3 aromatic rings. The van der Waals surface area contributed by atoms with E-state index in [4.69, 9.17) is 0 Å². The van der Waals surface area contributed by atoms with E-state index in [1.165, 1.54) is 17.4 Å². The number of hydrogen-bond donors (Lipinski definition) is 2. The molecule has 0 bridgehead atoms. The lowest BCUT2D eigenvalue weighted by Gasteiger charge is -2.06. The van der Waals surface area contributed by atoms with Crippen LogP contribution < -0.4 is 5.32 Å². The zero-order valence-corrected chi connectivity index (χ0v) is 13.1. The van der Waals surface area contributed by atoms with Gasteiger partial charge in [0.25, 0.3) is 5.91 Å². The van der Waals surface area contributed by atoms with Crippen LogP contribution in [0.25, 0.3) is 10.2 Å². The van der Waals surface area contributed by atoms with Gasteiger partial charge in [-0.25, -0.2) is 4.98 Å². The van der Waals surface area contributed by atoms with Gasteiger partial charge in [-0.1, -0.05) is 0 Å². The molecule has 2 N–H and O–H groups in total. The van der Waals surface area contributed by atoms with Gasteiger partial charge in [0.05, 0.1) is 19.3 Å². The minimum absolute atomic E-state index is 0.108. The van der Waals surface area contributed by atoms with E-state index in [1.807, 2.05) is 40.8 Å². The van der Waals surface area contributed by atoms with Crippen molar-refractivity contribution in [2.45, 2.75) is 0 Å². The number of amides is 1. The number of halogens is 1. The quantitative estimate of drug-likeness (QED) is 0.647. The van der Waals surface area contributed by atoms with Crippen LogP contribution in [0.3, 0.4) is 0 Å². The van der Waals surface area contributed by atoms with Crippen LogP contribution in [0.15, 0.2) is 41.9 Å². The fraction of sp³-hybridized carbons (Fsp3) is 0. The van der Waals surface area contributed by atoms with Gasteiger partial charge in [0.1, 0.15) is 5.75 Å².